The summed E-state index contributed by atoms with van der Waals surface area (Å²) in [5.41, 5.74) is -0.895. The third-order valence-corrected chi connectivity index (χ3v) is 7.95. The van der Waals surface area contributed by atoms with Crippen LogP contribution in [0.3, 0.4) is 0 Å². The third-order valence-electron chi connectivity index (χ3n) is 4.44. The molecule has 2 rings (SSSR count). The summed E-state index contributed by atoms with van der Waals surface area (Å²) in [6, 6.07) is 0.959. The maximum atomic E-state index is 12.5. The number of fused-ring (bicyclic) bond motifs is 1. The molecule has 2 aliphatic carbocycles. The quantitative estimate of drug-likeness (QED) is 0.241. The van der Waals surface area contributed by atoms with E-state index in [0.29, 0.717) is 18.9 Å². The summed E-state index contributed by atoms with van der Waals surface area (Å²) in [5, 5.41) is 0. The van der Waals surface area contributed by atoms with Crippen LogP contribution in [0.1, 0.15) is 26.2 Å². The lowest BCUT2D eigenvalue weighted by molar-refractivity contribution is -0.160. The Labute approximate surface area is 130 Å². The molecule has 0 aromatic carbocycles. The Balaban J connectivity index is 1.96. The van der Waals surface area contributed by atoms with Crippen LogP contribution in [0, 0.1) is 11.3 Å². The summed E-state index contributed by atoms with van der Waals surface area (Å²) < 4.78 is 5.15. The molecule has 3 nitrogen and oxygen atoms in total. The van der Waals surface area contributed by atoms with Crippen molar-refractivity contribution in [2.75, 3.05) is 6.61 Å². The summed E-state index contributed by atoms with van der Waals surface area (Å²) in [6.45, 7) is 9.00. The zero-order chi connectivity index (χ0) is 14.5. The monoisotopic (exact) mass is 394 g/mol. The van der Waals surface area contributed by atoms with E-state index >= 15 is 0 Å². The zero-order valence-corrected chi connectivity index (χ0v) is 15.4. The molecular weight excluding hydrogens is 371 g/mol. The molecule has 0 spiro atoms. The number of alkyl halides is 1. The molecule has 2 fully saturated rings. The molecule has 3 atom stereocenters. The van der Waals surface area contributed by atoms with E-state index in [-0.39, 0.29) is 15.2 Å². The van der Waals surface area contributed by atoms with Crippen LogP contribution in [-0.2, 0) is 14.3 Å². The Hall–Kier alpha value is 0.0869. The van der Waals surface area contributed by atoms with Gasteiger partial charge < -0.3 is 4.74 Å². The highest BCUT2D eigenvalue weighted by Gasteiger charge is 2.67. The molecule has 0 heterocycles. The highest BCUT2D eigenvalue weighted by atomic mass is 127. The second kappa shape index (κ2) is 4.82. The molecule has 19 heavy (non-hydrogen) atoms. The van der Waals surface area contributed by atoms with Crippen molar-refractivity contribution < 1.29 is 14.3 Å². The van der Waals surface area contributed by atoms with Crippen LogP contribution in [0.2, 0.25) is 25.7 Å². The number of hydrogen-bond acceptors (Lipinski definition) is 3. The van der Waals surface area contributed by atoms with Gasteiger partial charge in [0.15, 0.2) is 5.78 Å². The Morgan fingerprint density at radius 2 is 2.11 bits per heavy atom. The molecule has 0 radical (unpaired) electrons. The molecule has 108 valence electrons. The lowest BCUT2D eigenvalue weighted by Crippen LogP contribution is -2.46. The van der Waals surface area contributed by atoms with E-state index in [4.69, 9.17) is 4.74 Å². The van der Waals surface area contributed by atoms with Crippen molar-refractivity contribution in [2.24, 2.45) is 11.3 Å². The number of hydrogen-bond donors (Lipinski definition) is 0. The van der Waals surface area contributed by atoms with E-state index in [9.17, 15) is 9.59 Å². The maximum absolute atomic E-state index is 12.5. The number of ketones is 1. The van der Waals surface area contributed by atoms with E-state index in [0.717, 1.165) is 18.9 Å². The van der Waals surface area contributed by atoms with Gasteiger partial charge in [-0.25, -0.2) is 0 Å². The number of carbonyl (C=O) groups excluding carboxylic acids is 2. The molecule has 5 heteroatoms. The number of carbonyl (C=O) groups is 2. The van der Waals surface area contributed by atoms with Gasteiger partial charge in [-0.15, -0.1) is 0 Å². The minimum absolute atomic E-state index is 0.106. The van der Waals surface area contributed by atoms with Crippen LogP contribution in [0.5, 0.6) is 0 Å². The van der Waals surface area contributed by atoms with Gasteiger partial charge in [-0.05, 0) is 38.1 Å². The fourth-order valence-corrected chi connectivity index (χ4v) is 4.90. The normalized spacial score (nSPS) is 37.7. The molecule has 0 bridgehead atoms. The number of ether oxygens (including phenoxy) is 1. The molecule has 0 unspecified atom stereocenters. The Morgan fingerprint density at radius 3 is 2.68 bits per heavy atom. The Morgan fingerprint density at radius 1 is 1.47 bits per heavy atom. The van der Waals surface area contributed by atoms with Gasteiger partial charge in [0.2, 0.25) is 0 Å². The first-order valence-electron chi connectivity index (χ1n) is 7.01. The SMILES string of the molecule is C[C@]1(C(=O)OCC[Si](C)(C)C)CC[C@H]2C[C@@]2(I)C1=O. The van der Waals surface area contributed by atoms with Gasteiger partial charge in [-0.2, -0.15) is 0 Å². The molecule has 0 N–H and O–H groups in total. The largest absolute Gasteiger partial charge is 0.465 e. The fraction of sp³-hybridized carbons (Fsp3) is 0.857. The topological polar surface area (TPSA) is 43.4 Å². The van der Waals surface area contributed by atoms with Gasteiger partial charge in [0.25, 0.3) is 0 Å². The van der Waals surface area contributed by atoms with E-state index in [1.165, 1.54) is 0 Å². The molecule has 0 amide bonds. The number of esters is 1. The fourth-order valence-electron chi connectivity index (χ4n) is 2.75. The van der Waals surface area contributed by atoms with Gasteiger partial charge in [0.05, 0.1) is 10.0 Å². The Kier molecular flexibility index (Phi) is 3.93. The van der Waals surface area contributed by atoms with Crippen LogP contribution in [0.4, 0.5) is 0 Å². The highest BCUT2D eigenvalue weighted by Crippen LogP contribution is 2.62. The van der Waals surface area contributed by atoms with Gasteiger partial charge in [-0.3, -0.25) is 9.59 Å². The predicted molar refractivity (Wildman–Crippen MR) is 86.3 cm³/mol. The second-order valence-corrected chi connectivity index (χ2v) is 15.0. The summed E-state index contributed by atoms with van der Waals surface area (Å²) in [7, 11) is -1.20. The first-order valence-corrected chi connectivity index (χ1v) is 11.8. The predicted octanol–water partition coefficient (Wildman–Crippen LogP) is 3.43. The highest BCUT2D eigenvalue weighted by molar-refractivity contribution is 14.1. The zero-order valence-electron chi connectivity index (χ0n) is 12.2. The van der Waals surface area contributed by atoms with Crippen molar-refractivity contribution in [3.8, 4) is 0 Å². The second-order valence-electron chi connectivity index (χ2n) is 7.41. The molecule has 2 aliphatic rings. The molecule has 0 aromatic heterocycles. The standard InChI is InChI=1S/C14H23IO3Si/c1-13(12(17)18-7-8-19(2,3)4)6-5-10-9-14(10,15)11(13)16/h10H,5-9H2,1-4H3/t10-,13-,14-/m0/s1. The first-order chi connectivity index (χ1) is 8.59. The minimum atomic E-state index is -1.20. The summed E-state index contributed by atoms with van der Waals surface area (Å²) in [4.78, 5) is 24.8. The van der Waals surface area contributed by atoms with Crippen LogP contribution in [0.25, 0.3) is 0 Å². The van der Waals surface area contributed by atoms with Gasteiger partial charge in [0, 0.05) is 8.07 Å². The first kappa shape index (κ1) is 15.5. The number of halogens is 1. The minimum Gasteiger partial charge on any atom is -0.465 e. The molecule has 0 aliphatic heterocycles. The van der Waals surface area contributed by atoms with Crippen molar-refractivity contribution in [1.82, 2.24) is 0 Å². The summed E-state index contributed by atoms with van der Waals surface area (Å²) in [5.74, 6) is 0.315. The third kappa shape index (κ3) is 2.91. The maximum Gasteiger partial charge on any atom is 0.319 e. The average molecular weight is 394 g/mol. The smallest absolute Gasteiger partial charge is 0.319 e. The average Bonchev–Trinajstić information content (AvgIpc) is 2.96. The van der Waals surface area contributed by atoms with E-state index in [1.54, 1.807) is 6.92 Å². The van der Waals surface area contributed by atoms with Gasteiger partial charge >= 0.3 is 5.97 Å². The summed E-state index contributed by atoms with van der Waals surface area (Å²) >= 11 is 2.25. The molecular formula is C14H23IO3Si. The molecule has 0 aromatic rings. The van der Waals surface area contributed by atoms with Crippen LogP contribution < -0.4 is 0 Å². The van der Waals surface area contributed by atoms with Crippen molar-refractivity contribution >= 4 is 42.4 Å². The van der Waals surface area contributed by atoms with E-state index in [1.807, 2.05) is 0 Å². The van der Waals surface area contributed by atoms with Gasteiger partial charge in [-0.1, -0.05) is 42.2 Å². The van der Waals surface area contributed by atoms with Crippen molar-refractivity contribution in [1.29, 1.82) is 0 Å². The summed E-state index contributed by atoms with van der Waals surface area (Å²) in [6.07, 6.45) is 2.59. The van der Waals surface area contributed by atoms with E-state index in [2.05, 4.69) is 42.2 Å². The van der Waals surface area contributed by atoms with Crippen LogP contribution >= 0.6 is 22.6 Å². The lowest BCUT2D eigenvalue weighted by atomic mass is 9.74. The molecule has 0 saturated heterocycles. The number of rotatable bonds is 4. The Bertz CT molecular complexity index is 417. The lowest BCUT2D eigenvalue weighted by Gasteiger charge is -2.32. The van der Waals surface area contributed by atoms with Gasteiger partial charge in [0.1, 0.15) is 5.41 Å². The van der Waals surface area contributed by atoms with Crippen LogP contribution in [-0.4, -0.2) is 29.9 Å². The number of Topliss-reactive ketones (excluding diaryl/α,β-unsaturated/α-hetero) is 1. The van der Waals surface area contributed by atoms with Crippen LogP contribution in [0.15, 0.2) is 0 Å². The van der Waals surface area contributed by atoms with Crippen molar-refractivity contribution in [3.05, 3.63) is 0 Å². The molecule has 2 saturated carbocycles. The van der Waals surface area contributed by atoms with Crippen molar-refractivity contribution in [3.63, 3.8) is 0 Å². The van der Waals surface area contributed by atoms with Crippen molar-refractivity contribution in [2.45, 2.75) is 55.3 Å². The van der Waals surface area contributed by atoms with E-state index < -0.39 is 13.5 Å².